The quantitative estimate of drug-likeness (QED) is 0.930. The summed E-state index contributed by atoms with van der Waals surface area (Å²) in [7, 11) is 3.23. The molecule has 104 valence electrons. The van der Waals surface area contributed by atoms with E-state index in [1.165, 1.54) is 0 Å². The fourth-order valence-electron chi connectivity index (χ4n) is 1.95. The van der Waals surface area contributed by atoms with E-state index < -0.39 is 0 Å². The van der Waals surface area contributed by atoms with E-state index in [9.17, 15) is 0 Å². The molecule has 1 aromatic heterocycles. The monoisotopic (exact) mass is 335 g/mol. The molecule has 0 spiro atoms. The van der Waals surface area contributed by atoms with Crippen molar-refractivity contribution in [2.45, 2.75) is 13.3 Å². The van der Waals surface area contributed by atoms with Gasteiger partial charge in [0.05, 0.1) is 38.0 Å². The first kappa shape index (κ1) is 14.4. The van der Waals surface area contributed by atoms with E-state index in [0.29, 0.717) is 16.2 Å². The molecule has 0 saturated carbocycles. The highest BCUT2D eigenvalue weighted by Gasteiger charge is 2.15. The van der Waals surface area contributed by atoms with Crippen LogP contribution in [0.15, 0.2) is 16.7 Å². The van der Waals surface area contributed by atoms with Crippen molar-refractivity contribution in [2.75, 3.05) is 14.2 Å². The van der Waals surface area contributed by atoms with Crippen LogP contribution in [0.1, 0.15) is 11.3 Å². The molecular formula is C14H14BrN3O2. The van der Waals surface area contributed by atoms with E-state index in [4.69, 9.17) is 14.7 Å². The molecule has 0 unspecified atom stereocenters. The largest absolute Gasteiger partial charge is 0.496 e. The highest BCUT2D eigenvalue weighted by Crippen LogP contribution is 2.35. The minimum Gasteiger partial charge on any atom is -0.496 e. The summed E-state index contributed by atoms with van der Waals surface area (Å²) in [5.41, 5.74) is 2.51. The number of methoxy groups -OCH3 is 2. The van der Waals surface area contributed by atoms with Crippen molar-refractivity contribution in [1.82, 2.24) is 9.97 Å². The van der Waals surface area contributed by atoms with Gasteiger partial charge in [0.2, 0.25) is 0 Å². The van der Waals surface area contributed by atoms with Gasteiger partial charge in [0.15, 0.2) is 0 Å². The first-order chi connectivity index (χ1) is 9.60. The Hall–Kier alpha value is -2.00. The Kier molecular flexibility index (Phi) is 4.30. The Morgan fingerprint density at radius 2 is 2.00 bits per heavy atom. The molecule has 0 aliphatic rings. The van der Waals surface area contributed by atoms with Crippen LogP contribution >= 0.6 is 15.9 Å². The van der Waals surface area contributed by atoms with Gasteiger partial charge in [-0.3, -0.25) is 0 Å². The third kappa shape index (κ3) is 2.63. The van der Waals surface area contributed by atoms with Crippen molar-refractivity contribution < 1.29 is 9.47 Å². The fourth-order valence-corrected chi connectivity index (χ4v) is 2.36. The van der Waals surface area contributed by atoms with Crippen LogP contribution in [0, 0.1) is 18.3 Å². The summed E-state index contributed by atoms with van der Waals surface area (Å²) in [6.07, 6.45) is 0.263. The summed E-state index contributed by atoms with van der Waals surface area (Å²) in [5.74, 6) is 2.10. The average molecular weight is 336 g/mol. The van der Waals surface area contributed by atoms with Crippen LogP contribution in [0.2, 0.25) is 0 Å². The van der Waals surface area contributed by atoms with E-state index >= 15 is 0 Å². The number of benzene rings is 1. The lowest BCUT2D eigenvalue weighted by Gasteiger charge is -2.11. The van der Waals surface area contributed by atoms with E-state index in [1.807, 2.05) is 19.1 Å². The number of halogens is 1. The molecule has 2 rings (SSSR count). The van der Waals surface area contributed by atoms with Gasteiger partial charge >= 0.3 is 0 Å². The van der Waals surface area contributed by atoms with Crippen LogP contribution in [0.5, 0.6) is 11.5 Å². The third-order valence-corrected chi connectivity index (χ3v) is 3.61. The van der Waals surface area contributed by atoms with Crippen LogP contribution in [-0.2, 0) is 6.42 Å². The predicted molar refractivity (Wildman–Crippen MR) is 78.9 cm³/mol. The van der Waals surface area contributed by atoms with Gasteiger partial charge in [0.1, 0.15) is 21.9 Å². The average Bonchev–Trinajstić information content (AvgIpc) is 2.80. The molecule has 0 aliphatic heterocycles. The number of nitrogens with one attached hydrogen (secondary N) is 1. The van der Waals surface area contributed by atoms with Crippen LogP contribution in [0.4, 0.5) is 0 Å². The Morgan fingerprint density at radius 3 is 2.60 bits per heavy atom. The van der Waals surface area contributed by atoms with Crippen molar-refractivity contribution in [2.24, 2.45) is 0 Å². The van der Waals surface area contributed by atoms with Gasteiger partial charge in [0.25, 0.3) is 0 Å². The zero-order chi connectivity index (χ0) is 14.7. The topological polar surface area (TPSA) is 70.9 Å². The second-order valence-corrected chi connectivity index (χ2v) is 4.96. The Labute approximate surface area is 125 Å². The van der Waals surface area contributed by atoms with E-state index in [0.717, 1.165) is 22.6 Å². The van der Waals surface area contributed by atoms with Crippen LogP contribution in [-0.4, -0.2) is 24.2 Å². The number of imidazole rings is 1. The lowest BCUT2D eigenvalue weighted by atomic mass is 10.1. The number of aromatic amines is 1. The summed E-state index contributed by atoms with van der Waals surface area (Å²) in [6, 6.07) is 5.86. The van der Waals surface area contributed by atoms with Crippen molar-refractivity contribution in [3.63, 3.8) is 0 Å². The van der Waals surface area contributed by atoms with E-state index in [2.05, 4.69) is 32.0 Å². The van der Waals surface area contributed by atoms with Gasteiger partial charge in [-0.1, -0.05) is 0 Å². The molecule has 0 amide bonds. The number of H-pyrrole nitrogens is 1. The molecule has 2 aromatic rings. The van der Waals surface area contributed by atoms with Gasteiger partial charge in [-0.15, -0.1) is 0 Å². The molecule has 0 atom stereocenters. The maximum atomic E-state index is 8.78. The van der Waals surface area contributed by atoms with E-state index in [-0.39, 0.29) is 6.42 Å². The number of aryl methyl sites for hydroxylation is 1. The first-order valence-electron chi connectivity index (χ1n) is 5.95. The van der Waals surface area contributed by atoms with Crippen LogP contribution in [0.25, 0.3) is 11.4 Å². The maximum Gasteiger partial charge on any atom is 0.142 e. The first-order valence-corrected chi connectivity index (χ1v) is 6.74. The van der Waals surface area contributed by atoms with E-state index in [1.54, 1.807) is 14.2 Å². The highest BCUT2D eigenvalue weighted by molar-refractivity contribution is 9.10. The summed E-state index contributed by atoms with van der Waals surface area (Å²) in [4.78, 5) is 7.52. The zero-order valence-corrected chi connectivity index (χ0v) is 13.0. The zero-order valence-electron chi connectivity index (χ0n) is 11.5. The van der Waals surface area contributed by atoms with Crippen LogP contribution < -0.4 is 9.47 Å². The molecule has 1 heterocycles. The van der Waals surface area contributed by atoms with Crippen LogP contribution in [0.3, 0.4) is 0 Å². The smallest absolute Gasteiger partial charge is 0.142 e. The van der Waals surface area contributed by atoms with Crippen molar-refractivity contribution in [3.05, 3.63) is 28.0 Å². The SMILES string of the molecule is COc1cc(-c2nc(Br)c(CC#N)[nH]2)c(OC)cc1C. The minimum atomic E-state index is 0.263. The second-order valence-electron chi connectivity index (χ2n) is 4.21. The van der Waals surface area contributed by atoms with Gasteiger partial charge in [0, 0.05) is 0 Å². The number of nitriles is 1. The standard InChI is InChI=1S/C14H14BrN3O2/c1-8-6-12(20-3)9(7-11(8)19-2)14-17-10(4-5-16)13(15)18-14/h6-7H,4H2,1-3H3,(H,17,18). The number of nitrogens with zero attached hydrogens (tertiary/aromatic N) is 2. The number of rotatable bonds is 4. The normalized spacial score (nSPS) is 10.2. The molecule has 0 fully saturated rings. The predicted octanol–water partition coefficient (Wildman–Crippen LogP) is 3.23. The Bertz CT molecular complexity index is 674. The molecule has 0 radical (unpaired) electrons. The van der Waals surface area contributed by atoms with Gasteiger partial charge in [-0.25, -0.2) is 4.98 Å². The van der Waals surface area contributed by atoms with Crippen molar-refractivity contribution in [1.29, 1.82) is 5.26 Å². The highest BCUT2D eigenvalue weighted by atomic mass is 79.9. The summed E-state index contributed by atoms with van der Waals surface area (Å²) in [6.45, 7) is 1.95. The molecule has 1 N–H and O–H groups in total. The minimum absolute atomic E-state index is 0.263. The molecule has 0 saturated heterocycles. The molecule has 5 nitrogen and oxygen atoms in total. The summed E-state index contributed by atoms with van der Waals surface area (Å²) >= 11 is 3.35. The molecule has 20 heavy (non-hydrogen) atoms. The molecule has 0 aliphatic carbocycles. The van der Waals surface area contributed by atoms with Crippen molar-refractivity contribution in [3.8, 4) is 29.0 Å². The maximum absolute atomic E-state index is 8.78. The molecule has 1 aromatic carbocycles. The third-order valence-electron chi connectivity index (χ3n) is 2.96. The lowest BCUT2D eigenvalue weighted by molar-refractivity contribution is 0.401. The molecule has 0 bridgehead atoms. The van der Waals surface area contributed by atoms with Gasteiger partial charge in [-0.2, -0.15) is 5.26 Å². The fraction of sp³-hybridized carbons (Fsp3) is 0.286. The number of hydrogen-bond donors (Lipinski definition) is 1. The van der Waals surface area contributed by atoms with Gasteiger partial charge in [-0.05, 0) is 40.5 Å². The number of ether oxygens (including phenoxy) is 2. The second kappa shape index (κ2) is 5.97. The lowest BCUT2D eigenvalue weighted by Crippen LogP contribution is -1.94. The molecular weight excluding hydrogens is 322 g/mol. The summed E-state index contributed by atoms with van der Waals surface area (Å²) in [5, 5.41) is 8.78. The van der Waals surface area contributed by atoms with Gasteiger partial charge < -0.3 is 14.5 Å². The number of aromatic nitrogens is 2. The number of hydrogen-bond acceptors (Lipinski definition) is 4. The van der Waals surface area contributed by atoms with Crippen molar-refractivity contribution >= 4 is 15.9 Å². The Morgan fingerprint density at radius 1 is 1.30 bits per heavy atom. The molecule has 6 heteroatoms. The summed E-state index contributed by atoms with van der Waals surface area (Å²) < 4.78 is 11.4. The Balaban J connectivity index is 2.56.